The van der Waals surface area contributed by atoms with Crippen LogP contribution in [0.5, 0.6) is 0 Å². The summed E-state index contributed by atoms with van der Waals surface area (Å²) in [4.78, 5) is 12.3. The number of amides is 1. The summed E-state index contributed by atoms with van der Waals surface area (Å²) in [7, 11) is 0. The van der Waals surface area contributed by atoms with Gasteiger partial charge in [-0.1, -0.05) is 180 Å². The van der Waals surface area contributed by atoms with Crippen molar-refractivity contribution in [3.05, 3.63) is 12.2 Å². The van der Waals surface area contributed by atoms with Crippen molar-refractivity contribution < 1.29 is 15.0 Å². The second-order valence-corrected chi connectivity index (χ2v) is 13.4. The number of aliphatic hydroxyl groups is 2. The number of aliphatic hydroxyl groups excluding tert-OH is 2. The fourth-order valence-electron chi connectivity index (χ4n) is 6.00. The molecule has 4 nitrogen and oxygen atoms in total. The smallest absolute Gasteiger partial charge is 0.220 e. The predicted octanol–water partition coefficient (Wildman–Crippen LogP) is 11.5. The van der Waals surface area contributed by atoms with Crippen LogP contribution in [0.15, 0.2) is 12.2 Å². The molecular formula is C39H77NO3. The average molecular weight is 608 g/mol. The van der Waals surface area contributed by atoms with Gasteiger partial charge in [-0.05, 0) is 38.5 Å². The van der Waals surface area contributed by atoms with E-state index in [9.17, 15) is 15.0 Å². The van der Waals surface area contributed by atoms with E-state index in [1.165, 1.54) is 154 Å². The third-order valence-corrected chi connectivity index (χ3v) is 9.03. The maximum absolute atomic E-state index is 12.3. The van der Waals surface area contributed by atoms with Crippen LogP contribution < -0.4 is 5.32 Å². The van der Waals surface area contributed by atoms with Crippen molar-refractivity contribution in [1.29, 1.82) is 0 Å². The van der Waals surface area contributed by atoms with E-state index in [1.807, 2.05) is 0 Å². The lowest BCUT2D eigenvalue weighted by Crippen LogP contribution is -2.45. The van der Waals surface area contributed by atoms with Crippen molar-refractivity contribution in [1.82, 2.24) is 5.32 Å². The molecule has 2 atom stereocenters. The molecule has 4 heteroatoms. The zero-order valence-electron chi connectivity index (χ0n) is 29.2. The van der Waals surface area contributed by atoms with Crippen molar-refractivity contribution in [3.63, 3.8) is 0 Å². The molecule has 0 aromatic heterocycles. The van der Waals surface area contributed by atoms with Crippen molar-refractivity contribution in [2.75, 3.05) is 6.61 Å². The Balaban J connectivity index is 3.56. The highest BCUT2D eigenvalue weighted by molar-refractivity contribution is 5.76. The van der Waals surface area contributed by atoms with Gasteiger partial charge in [0.25, 0.3) is 0 Å². The van der Waals surface area contributed by atoms with Crippen LogP contribution in [0.3, 0.4) is 0 Å². The van der Waals surface area contributed by atoms with Gasteiger partial charge in [0.2, 0.25) is 5.91 Å². The first kappa shape index (κ1) is 42.1. The van der Waals surface area contributed by atoms with E-state index in [4.69, 9.17) is 0 Å². The van der Waals surface area contributed by atoms with E-state index >= 15 is 0 Å². The van der Waals surface area contributed by atoms with Gasteiger partial charge in [0.05, 0.1) is 18.8 Å². The Morgan fingerprint density at radius 1 is 0.535 bits per heavy atom. The third-order valence-electron chi connectivity index (χ3n) is 9.03. The molecule has 0 saturated heterocycles. The van der Waals surface area contributed by atoms with E-state index in [1.54, 1.807) is 0 Å². The van der Waals surface area contributed by atoms with Crippen molar-refractivity contribution >= 4 is 5.91 Å². The first-order chi connectivity index (χ1) is 21.2. The molecule has 0 aliphatic carbocycles. The second kappa shape index (κ2) is 35.6. The summed E-state index contributed by atoms with van der Waals surface area (Å²) >= 11 is 0. The Morgan fingerprint density at radius 3 is 1.28 bits per heavy atom. The van der Waals surface area contributed by atoms with Crippen molar-refractivity contribution in [2.24, 2.45) is 0 Å². The minimum Gasteiger partial charge on any atom is -0.394 e. The fourth-order valence-corrected chi connectivity index (χ4v) is 6.00. The van der Waals surface area contributed by atoms with Gasteiger partial charge in [-0.3, -0.25) is 4.79 Å². The van der Waals surface area contributed by atoms with Crippen LogP contribution in [-0.2, 0) is 4.79 Å². The molecule has 0 unspecified atom stereocenters. The van der Waals surface area contributed by atoms with Crippen LogP contribution >= 0.6 is 0 Å². The molecule has 1 amide bonds. The molecule has 0 aliphatic rings. The average Bonchev–Trinajstić information content (AvgIpc) is 3.01. The maximum atomic E-state index is 12.3. The van der Waals surface area contributed by atoms with E-state index in [2.05, 4.69) is 31.3 Å². The molecule has 0 rings (SSSR count). The first-order valence-electron chi connectivity index (χ1n) is 19.4. The number of nitrogens with one attached hydrogen (secondary N) is 1. The third kappa shape index (κ3) is 32.3. The lowest BCUT2D eigenvalue weighted by molar-refractivity contribution is -0.123. The molecular weight excluding hydrogens is 530 g/mol. The maximum Gasteiger partial charge on any atom is 0.220 e. The Bertz CT molecular complexity index is 579. The van der Waals surface area contributed by atoms with Crippen LogP contribution in [-0.4, -0.2) is 34.9 Å². The highest BCUT2D eigenvalue weighted by atomic mass is 16.3. The molecule has 0 aromatic rings. The van der Waals surface area contributed by atoms with Gasteiger partial charge in [0, 0.05) is 6.42 Å². The minimum absolute atomic E-state index is 0.0390. The number of allylic oxidation sites excluding steroid dienone is 2. The Hall–Kier alpha value is -0.870. The van der Waals surface area contributed by atoms with Gasteiger partial charge < -0.3 is 15.5 Å². The lowest BCUT2D eigenvalue weighted by Gasteiger charge is -2.22. The molecule has 0 aromatic carbocycles. The van der Waals surface area contributed by atoms with Crippen LogP contribution in [0.25, 0.3) is 0 Å². The minimum atomic E-state index is -0.675. The molecule has 0 aliphatic heterocycles. The monoisotopic (exact) mass is 608 g/mol. The van der Waals surface area contributed by atoms with Gasteiger partial charge >= 0.3 is 0 Å². The van der Waals surface area contributed by atoms with Crippen LogP contribution in [0, 0.1) is 0 Å². The summed E-state index contributed by atoms with van der Waals surface area (Å²) in [6, 6.07) is -0.546. The number of carbonyl (C=O) groups excluding carboxylic acids is 1. The van der Waals surface area contributed by atoms with E-state index in [0.29, 0.717) is 12.8 Å². The number of unbranched alkanes of at least 4 members (excludes halogenated alkanes) is 26. The van der Waals surface area contributed by atoms with Gasteiger partial charge in [-0.15, -0.1) is 0 Å². The van der Waals surface area contributed by atoms with E-state index in [-0.39, 0.29) is 12.5 Å². The zero-order valence-corrected chi connectivity index (χ0v) is 29.2. The number of rotatable bonds is 35. The summed E-state index contributed by atoms with van der Waals surface area (Å²) in [5.41, 5.74) is 0. The lowest BCUT2D eigenvalue weighted by atomic mass is 10.0. The molecule has 0 spiro atoms. The Morgan fingerprint density at radius 2 is 0.884 bits per heavy atom. The number of hydrogen-bond acceptors (Lipinski definition) is 3. The summed E-state index contributed by atoms with van der Waals surface area (Å²) in [5.74, 6) is -0.0390. The molecule has 0 fully saturated rings. The van der Waals surface area contributed by atoms with Crippen molar-refractivity contribution in [2.45, 2.75) is 225 Å². The molecule has 0 saturated carbocycles. The highest BCUT2D eigenvalue weighted by Gasteiger charge is 2.19. The molecule has 43 heavy (non-hydrogen) atoms. The summed E-state index contributed by atoms with van der Waals surface area (Å²) in [5, 5.41) is 23.0. The summed E-state index contributed by atoms with van der Waals surface area (Å²) < 4.78 is 0. The van der Waals surface area contributed by atoms with Crippen molar-refractivity contribution in [3.8, 4) is 0 Å². The van der Waals surface area contributed by atoms with E-state index in [0.717, 1.165) is 32.1 Å². The highest BCUT2D eigenvalue weighted by Crippen LogP contribution is 2.15. The molecule has 3 N–H and O–H groups in total. The second-order valence-electron chi connectivity index (χ2n) is 13.4. The molecule has 0 bridgehead atoms. The van der Waals surface area contributed by atoms with E-state index < -0.39 is 12.1 Å². The molecule has 256 valence electrons. The van der Waals surface area contributed by atoms with Crippen LogP contribution in [0.2, 0.25) is 0 Å². The summed E-state index contributed by atoms with van der Waals surface area (Å²) in [6.07, 6.45) is 42.7. The molecule has 0 heterocycles. The zero-order chi connectivity index (χ0) is 31.5. The standard InChI is InChI=1S/C39H77NO3/c1-3-5-7-9-11-13-15-17-19-21-23-25-27-29-31-33-35-39(43)40-37(36-41)38(42)34-32-30-28-26-24-22-20-18-16-14-12-10-8-6-4-2/h24,26,37-38,41-42H,3-23,25,27-36H2,1-2H3,(H,40,43)/b26-24+/t37-,38+/m0/s1. The van der Waals surface area contributed by atoms with Gasteiger partial charge in [0.15, 0.2) is 0 Å². The fraction of sp³-hybridized carbons (Fsp3) is 0.923. The topological polar surface area (TPSA) is 69.6 Å². The predicted molar refractivity (Wildman–Crippen MR) is 189 cm³/mol. The van der Waals surface area contributed by atoms with Gasteiger partial charge in [-0.25, -0.2) is 0 Å². The normalized spacial score (nSPS) is 13.1. The number of carbonyl (C=O) groups is 1. The SMILES string of the molecule is CCCCCCCCCCC/C=C/CCCC[C@@H](O)[C@H](CO)NC(=O)CCCCCCCCCCCCCCCCCC. The quantitative estimate of drug-likeness (QED) is 0.0496. The van der Waals surface area contributed by atoms with Crippen LogP contribution in [0.1, 0.15) is 213 Å². The largest absolute Gasteiger partial charge is 0.394 e. The van der Waals surface area contributed by atoms with Gasteiger partial charge in [0.1, 0.15) is 0 Å². The number of hydrogen-bond donors (Lipinski definition) is 3. The first-order valence-corrected chi connectivity index (χ1v) is 19.4. The van der Waals surface area contributed by atoms with Gasteiger partial charge in [-0.2, -0.15) is 0 Å². The summed E-state index contributed by atoms with van der Waals surface area (Å²) in [6.45, 7) is 4.35. The van der Waals surface area contributed by atoms with Crippen LogP contribution in [0.4, 0.5) is 0 Å². The molecule has 0 radical (unpaired) electrons. The Kier molecular flexibility index (Phi) is 34.9. The Labute approximate surface area is 269 Å².